The number of carboxylic acids is 1. The molecular weight excluding hydrogens is 446 g/mol. The van der Waals surface area contributed by atoms with Gasteiger partial charge in [-0.3, -0.25) is 4.79 Å². The number of nitrogens with zero attached hydrogens (tertiary/aromatic N) is 2. The van der Waals surface area contributed by atoms with Crippen LogP contribution >= 0.6 is 11.3 Å². The smallest absolute Gasteiger partial charge is 0.410 e. The van der Waals surface area contributed by atoms with Crippen molar-refractivity contribution in [2.75, 3.05) is 25.1 Å². The molecule has 0 aliphatic carbocycles. The zero-order chi connectivity index (χ0) is 24.0. The number of hydrogen-bond acceptors (Lipinski definition) is 7. The summed E-state index contributed by atoms with van der Waals surface area (Å²) in [5.74, 6) is -0.735. The van der Waals surface area contributed by atoms with Crippen LogP contribution in [0.5, 0.6) is 5.75 Å². The number of amides is 2. The number of aliphatic carboxylic acids is 1. The zero-order valence-electron chi connectivity index (χ0n) is 18.4. The Bertz CT molecular complexity index is 1090. The number of anilines is 1. The molecule has 2 N–H and O–H groups in total. The highest BCUT2D eigenvalue weighted by molar-refractivity contribution is 7.16. The first-order chi connectivity index (χ1) is 15.8. The van der Waals surface area contributed by atoms with Crippen LogP contribution < -0.4 is 10.1 Å². The van der Waals surface area contributed by atoms with Crippen molar-refractivity contribution in [1.82, 2.24) is 4.90 Å². The number of nitrogens with one attached hydrogen (secondary N) is 1. The summed E-state index contributed by atoms with van der Waals surface area (Å²) in [5.41, 5.74) is 2.20. The normalized spacial score (nSPS) is 13.4. The van der Waals surface area contributed by atoms with Crippen LogP contribution in [-0.4, -0.2) is 47.7 Å². The number of thiophene rings is 1. The number of hydrogen-bond donors (Lipinski definition) is 2. The van der Waals surface area contributed by atoms with Gasteiger partial charge in [-0.2, -0.15) is 5.26 Å². The molecule has 1 atom stereocenters. The van der Waals surface area contributed by atoms with E-state index < -0.39 is 18.7 Å². The van der Waals surface area contributed by atoms with E-state index in [2.05, 4.69) is 11.4 Å². The van der Waals surface area contributed by atoms with Gasteiger partial charge in [0.2, 0.25) is 5.91 Å². The second kappa shape index (κ2) is 10.8. The van der Waals surface area contributed by atoms with E-state index in [0.29, 0.717) is 30.1 Å². The lowest BCUT2D eigenvalue weighted by atomic mass is 9.97. The van der Waals surface area contributed by atoms with Gasteiger partial charge in [-0.1, -0.05) is 19.1 Å². The van der Waals surface area contributed by atoms with E-state index in [9.17, 15) is 19.6 Å². The largest absolute Gasteiger partial charge is 0.494 e. The number of rotatable bonds is 8. The van der Waals surface area contributed by atoms with Gasteiger partial charge in [0.05, 0.1) is 18.7 Å². The number of ether oxygens (including phenoxy) is 2. The molecule has 1 aromatic carbocycles. The molecule has 0 saturated heterocycles. The third kappa shape index (κ3) is 6.02. The molecule has 33 heavy (non-hydrogen) atoms. The number of carboxylic acid groups (broad SMARTS) is 1. The summed E-state index contributed by atoms with van der Waals surface area (Å²) in [6.07, 6.45) is -0.0621. The van der Waals surface area contributed by atoms with Crippen molar-refractivity contribution in [3.05, 3.63) is 45.8 Å². The Labute approximate surface area is 195 Å². The zero-order valence-corrected chi connectivity index (χ0v) is 19.2. The molecule has 3 rings (SSSR count). The molecule has 2 aromatic rings. The highest BCUT2D eigenvalue weighted by atomic mass is 32.1. The lowest BCUT2D eigenvalue weighted by molar-refractivity contribution is -0.140. The van der Waals surface area contributed by atoms with Crippen LogP contribution in [0.4, 0.5) is 9.80 Å². The minimum absolute atomic E-state index is 0.0509. The Morgan fingerprint density at radius 2 is 2.15 bits per heavy atom. The molecule has 1 aromatic heterocycles. The van der Waals surface area contributed by atoms with E-state index in [4.69, 9.17) is 14.6 Å². The molecule has 9 nitrogen and oxygen atoms in total. The number of carbonyl (C=O) groups excluding carboxylic acids is 2. The van der Waals surface area contributed by atoms with Crippen molar-refractivity contribution in [3.8, 4) is 11.8 Å². The lowest BCUT2D eigenvalue weighted by Gasteiger charge is -2.25. The Morgan fingerprint density at radius 3 is 2.85 bits per heavy atom. The van der Waals surface area contributed by atoms with Gasteiger partial charge in [0.25, 0.3) is 0 Å². The molecule has 0 spiro atoms. The molecule has 2 heterocycles. The summed E-state index contributed by atoms with van der Waals surface area (Å²) in [7, 11) is 0. The van der Waals surface area contributed by atoms with Crippen LogP contribution in [0.25, 0.3) is 0 Å². The maximum absolute atomic E-state index is 12.7. The van der Waals surface area contributed by atoms with Crippen LogP contribution in [0.3, 0.4) is 0 Å². The summed E-state index contributed by atoms with van der Waals surface area (Å²) in [6.45, 7) is 4.22. The van der Waals surface area contributed by atoms with Crippen LogP contribution in [0.15, 0.2) is 24.3 Å². The van der Waals surface area contributed by atoms with Crippen LogP contribution in [0, 0.1) is 11.3 Å². The summed E-state index contributed by atoms with van der Waals surface area (Å²) in [6, 6.07) is 9.80. The SMILES string of the molecule is CCOc1cccc([C@@H](C)CC(=O)Nc2sc3c(c2C#N)CCN(C(=O)OCC(=O)O)C3)c1. The van der Waals surface area contributed by atoms with Crippen molar-refractivity contribution < 1.29 is 29.0 Å². The van der Waals surface area contributed by atoms with E-state index in [1.807, 2.05) is 38.1 Å². The van der Waals surface area contributed by atoms with Crippen molar-refractivity contribution >= 4 is 34.3 Å². The van der Waals surface area contributed by atoms with Crippen molar-refractivity contribution in [3.63, 3.8) is 0 Å². The lowest BCUT2D eigenvalue weighted by Crippen LogP contribution is -2.36. The summed E-state index contributed by atoms with van der Waals surface area (Å²) < 4.78 is 10.3. The maximum atomic E-state index is 12.7. The van der Waals surface area contributed by atoms with E-state index >= 15 is 0 Å². The highest BCUT2D eigenvalue weighted by Crippen LogP contribution is 2.37. The molecule has 0 saturated carbocycles. The predicted molar refractivity (Wildman–Crippen MR) is 121 cm³/mol. The number of fused-ring (bicyclic) bond motifs is 1. The molecule has 1 aliphatic heterocycles. The minimum atomic E-state index is -1.23. The Morgan fingerprint density at radius 1 is 1.36 bits per heavy atom. The fourth-order valence-corrected chi connectivity index (χ4v) is 4.86. The Kier molecular flexibility index (Phi) is 7.90. The molecule has 0 unspecified atom stereocenters. The predicted octanol–water partition coefficient (Wildman–Crippen LogP) is 3.73. The third-order valence-corrected chi connectivity index (χ3v) is 6.36. The summed E-state index contributed by atoms with van der Waals surface area (Å²) >= 11 is 1.25. The number of nitriles is 1. The van der Waals surface area contributed by atoms with Crippen LogP contribution in [-0.2, 0) is 27.3 Å². The van der Waals surface area contributed by atoms with Gasteiger partial charge >= 0.3 is 12.1 Å². The molecule has 10 heteroatoms. The van der Waals surface area contributed by atoms with Crippen molar-refractivity contribution in [1.29, 1.82) is 5.26 Å². The summed E-state index contributed by atoms with van der Waals surface area (Å²) in [4.78, 5) is 37.6. The molecule has 1 aliphatic rings. The van der Waals surface area contributed by atoms with Crippen LogP contribution in [0.1, 0.15) is 47.8 Å². The van der Waals surface area contributed by atoms with E-state index in [0.717, 1.165) is 21.8 Å². The maximum Gasteiger partial charge on any atom is 0.410 e. The van der Waals surface area contributed by atoms with E-state index in [-0.39, 0.29) is 24.8 Å². The van der Waals surface area contributed by atoms with Crippen molar-refractivity contribution in [2.45, 2.75) is 39.2 Å². The minimum Gasteiger partial charge on any atom is -0.494 e. The summed E-state index contributed by atoms with van der Waals surface area (Å²) in [5, 5.41) is 21.6. The van der Waals surface area contributed by atoms with E-state index in [1.54, 1.807) is 0 Å². The van der Waals surface area contributed by atoms with Gasteiger partial charge in [0, 0.05) is 17.8 Å². The quantitative estimate of drug-likeness (QED) is 0.600. The molecule has 2 amide bonds. The number of benzene rings is 1. The standard InChI is InChI=1S/C23H25N3O6S/c1-3-31-16-6-4-5-15(10-16)14(2)9-20(27)25-22-18(11-24)17-7-8-26(12-19(17)33-22)23(30)32-13-21(28)29/h4-6,10,14H,3,7-9,12-13H2,1-2H3,(H,25,27)(H,28,29)/t14-/m0/s1. The molecule has 174 valence electrons. The first-order valence-corrected chi connectivity index (χ1v) is 11.3. The first kappa shape index (κ1) is 24.1. The van der Waals surface area contributed by atoms with Gasteiger partial charge in [0.1, 0.15) is 16.8 Å². The molecular formula is C23H25N3O6S. The highest BCUT2D eigenvalue weighted by Gasteiger charge is 2.28. The first-order valence-electron chi connectivity index (χ1n) is 10.5. The van der Waals surface area contributed by atoms with Gasteiger partial charge in [-0.05, 0) is 42.5 Å². The third-order valence-electron chi connectivity index (χ3n) is 5.23. The van der Waals surface area contributed by atoms with Gasteiger partial charge in [0.15, 0.2) is 6.61 Å². The molecule has 0 fully saturated rings. The molecule has 0 radical (unpaired) electrons. The number of carbonyl (C=O) groups is 3. The second-order valence-corrected chi connectivity index (χ2v) is 8.70. The average molecular weight is 472 g/mol. The molecule has 0 bridgehead atoms. The average Bonchev–Trinajstić information content (AvgIpc) is 3.13. The topological polar surface area (TPSA) is 129 Å². The van der Waals surface area contributed by atoms with Gasteiger partial charge < -0.3 is 24.8 Å². The fraction of sp³-hybridized carbons (Fsp3) is 0.391. The second-order valence-electron chi connectivity index (χ2n) is 7.60. The van der Waals surface area contributed by atoms with Crippen molar-refractivity contribution in [2.24, 2.45) is 0 Å². The Hall–Kier alpha value is -3.58. The van der Waals surface area contributed by atoms with Gasteiger partial charge in [-0.25, -0.2) is 9.59 Å². The van der Waals surface area contributed by atoms with E-state index in [1.165, 1.54) is 16.2 Å². The Balaban J connectivity index is 1.66. The monoisotopic (exact) mass is 471 g/mol. The fourth-order valence-electron chi connectivity index (χ4n) is 3.63. The van der Waals surface area contributed by atoms with Gasteiger partial charge in [-0.15, -0.1) is 11.3 Å². The van der Waals surface area contributed by atoms with Crippen LogP contribution in [0.2, 0.25) is 0 Å².